The molecule has 1 atom stereocenters. The van der Waals surface area contributed by atoms with Gasteiger partial charge in [-0.05, 0) is 36.3 Å². The van der Waals surface area contributed by atoms with E-state index < -0.39 is 8.68 Å². The zero-order valence-electron chi connectivity index (χ0n) is 13.7. The highest BCUT2D eigenvalue weighted by atomic mass is 28.3. The summed E-state index contributed by atoms with van der Waals surface area (Å²) in [7, 11) is -1.41. The van der Waals surface area contributed by atoms with Crippen molar-refractivity contribution in [2.45, 2.75) is 67.0 Å². The van der Waals surface area contributed by atoms with Crippen LogP contribution in [-0.2, 0) is 9.26 Å². The van der Waals surface area contributed by atoms with Gasteiger partial charge >= 0.3 is 0 Å². The summed E-state index contributed by atoms with van der Waals surface area (Å²) in [6, 6.07) is 0.727. The first-order valence-electron chi connectivity index (χ1n) is 7.20. The molecule has 19 heavy (non-hydrogen) atoms. The Morgan fingerprint density at radius 1 is 1.16 bits per heavy atom. The topological polar surface area (TPSA) is 46.2 Å². The standard InChI is InChI=1S/C15H31NO2Si/c1-14(2,3)11-12(15(4,5)6)13(17)16-9-8-10-19(7)18/h12H,8-11H2,1-7H3,(H,16,17). The van der Waals surface area contributed by atoms with Crippen molar-refractivity contribution < 1.29 is 9.26 Å². The third-order valence-corrected chi connectivity index (χ3v) is 4.24. The van der Waals surface area contributed by atoms with Crippen molar-refractivity contribution in [1.29, 1.82) is 0 Å². The van der Waals surface area contributed by atoms with Gasteiger partial charge in [-0.3, -0.25) is 4.79 Å². The number of carbonyl (C=O) groups excluding carboxylic acids is 1. The summed E-state index contributed by atoms with van der Waals surface area (Å²) in [6.45, 7) is 15.3. The monoisotopic (exact) mass is 285 g/mol. The highest BCUT2D eigenvalue weighted by Gasteiger charge is 2.34. The van der Waals surface area contributed by atoms with E-state index in [4.69, 9.17) is 0 Å². The molecule has 0 aromatic rings. The highest BCUT2D eigenvalue weighted by molar-refractivity contribution is 6.40. The van der Waals surface area contributed by atoms with Crippen molar-refractivity contribution >= 4 is 14.6 Å². The predicted octanol–water partition coefficient (Wildman–Crippen LogP) is 3.64. The van der Waals surface area contributed by atoms with E-state index in [1.807, 2.05) is 0 Å². The number of carbonyl (C=O) groups is 1. The molecule has 0 heterocycles. The van der Waals surface area contributed by atoms with Gasteiger partial charge in [0, 0.05) is 12.5 Å². The fourth-order valence-corrected chi connectivity index (χ4v) is 2.75. The van der Waals surface area contributed by atoms with Crippen molar-refractivity contribution in [3.8, 4) is 0 Å². The second-order valence-electron chi connectivity index (χ2n) is 7.78. The summed E-state index contributed by atoms with van der Waals surface area (Å²) in [5.41, 5.74) is 0.111. The Balaban J connectivity index is 4.45. The molecule has 0 spiro atoms. The Morgan fingerprint density at radius 3 is 2.05 bits per heavy atom. The SMILES string of the molecule is C[Si](=O)CCCNC(=O)C(CC(C)(C)C)C(C)(C)C. The number of rotatable bonds is 6. The third kappa shape index (κ3) is 9.08. The fraction of sp³-hybridized carbons (Fsp3) is 0.933. The zero-order valence-corrected chi connectivity index (χ0v) is 14.7. The summed E-state index contributed by atoms with van der Waals surface area (Å²) in [5.74, 6) is 0.157. The highest BCUT2D eigenvalue weighted by Crippen LogP contribution is 2.36. The van der Waals surface area contributed by atoms with Gasteiger partial charge in [0.15, 0.2) is 0 Å². The minimum absolute atomic E-state index is 0.0196. The first-order chi connectivity index (χ1) is 8.43. The lowest BCUT2D eigenvalue weighted by atomic mass is 9.71. The Hall–Kier alpha value is -0.513. The molecule has 0 rings (SSSR count). The maximum atomic E-state index is 12.3. The van der Waals surface area contributed by atoms with Crippen LogP contribution >= 0.6 is 0 Å². The molecule has 3 nitrogen and oxygen atoms in total. The van der Waals surface area contributed by atoms with E-state index in [2.05, 4.69) is 46.9 Å². The van der Waals surface area contributed by atoms with Crippen molar-refractivity contribution in [1.82, 2.24) is 5.32 Å². The van der Waals surface area contributed by atoms with E-state index in [0.29, 0.717) is 6.54 Å². The molecule has 0 aromatic heterocycles. The van der Waals surface area contributed by atoms with Crippen LogP contribution in [0.15, 0.2) is 0 Å². The van der Waals surface area contributed by atoms with Crippen LogP contribution in [0.5, 0.6) is 0 Å². The van der Waals surface area contributed by atoms with Crippen LogP contribution in [0.2, 0.25) is 12.6 Å². The molecule has 0 aromatic carbocycles. The number of hydrogen-bond acceptors (Lipinski definition) is 2. The molecular formula is C15H31NO2Si. The molecule has 4 heteroatoms. The lowest BCUT2D eigenvalue weighted by molar-refractivity contribution is -0.129. The molecule has 112 valence electrons. The van der Waals surface area contributed by atoms with E-state index in [1.54, 1.807) is 6.55 Å². The normalized spacial score (nSPS) is 14.1. The van der Waals surface area contributed by atoms with Gasteiger partial charge in [0.1, 0.15) is 0 Å². The molecule has 0 radical (unpaired) electrons. The lowest BCUT2D eigenvalue weighted by Gasteiger charge is -2.34. The quantitative estimate of drug-likeness (QED) is 0.598. The van der Waals surface area contributed by atoms with E-state index in [0.717, 1.165) is 18.9 Å². The molecule has 1 unspecified atom stereocenters. The van der Waals surface area contributed by atoms with Crippen LogP contribution < -0.4 is 5.32 Å². The van der Waals surface area contributed by atoms with Gasteiger partial charge in [-0.15, -0.1) is 0 Å². The van der Waals surface area contributed by atoms with Crippen molar-refractivity contribution in [3.05, 3.63) is 0 Å². The van der Waals surface area contributed by atoms with Gasteiger partial charge in [-0.2, -0.15) is 0 Å². The van der Waals surface area contributed by atoms with E-state index in [-0.39, 0.29) is 22.7 Å². The smallest absolute Gasteiger partial charge is 0.273 e. The minimum Gasteiger partial charge on any atom is -0.389 e. The van der Waals surface area contributed by atoms with Crippen LogP contribution in [0, 0.1) is 16.7 Å². The molecule has 1 N–H and O–H groups in total. The van der Waals surface area contributed by atoms with Crippen LogP contribution in [0.25, 0.3) is 0 Å². The van der Waals surface area contributed by atoms with Crippen molar-refractivity contribution in [2.75, 3.05) is 6.54 Å². The summed E-state index contributed by atoms with van der Waals surface area (Å²) >= 11 is 0. The maximum Gasteiger partial charge on any atom is 0.273 e. The molecular weight excluding hydrogens is 254 g/mol. The molecule has 0 aliphatic carbocycles. The van der Waals surface area contributed by atoms with Crippen LogP contribution in [0.1, 0.15) is 54.4 Å². The lowest BCUT2D eigenvalue weighted by Crippen LogP contribution is -2.40. The van der Waals surface area contributed by atoms with Crippen LogP contribution in [-0.4, -0.2) is 21.1 Å². The first kappa shape index (κ1) is 18.5. The average molecular weight is 286 g/mol. The largest absolute Gasteiger partial charge is 0.389 e. The van der Waals surface area contributed by atoms with E-state index >= 15 is 0 Å². The Labute approximate surface area is 120 Å². The Bertz CT molecular complexity index is 313. The molecule has 1 amide bonds. The number of nitrogens with one attached hydrogen (secondary N) is 1. The Kier molecular flexibility index (Phi) is 7.12. The van der Waals surface area contributed by atoms with Gasteiger partial charge in [0.05, 0.1) is 0 Å². The van der Waals surface area contributed by atoms with Crippen LogP contribution in [0.3, 0.4) is 0 Å². The summed E-state index contributed by atoms with van der Waals surface area (Å²) in [6.07, 6.45) is 1.69. The molecule has 0 saturated carbocycles. The van der Waals surface area contributed by atoms with E-state index in [1.165, 1.54) is 0 Å². The zero-order chi connectivity index (χ0) is 15.3. The second kappa shape index (κ2) is 7.32. The summed E-state index contributed by atoms with van der Waals surface area (Å²) in [4.78, 5) is 12.3. The maximum absolute atomic E-state index is 12.3. The predicted molar refractivity (Wildman–Crippen MR) is 81.8 cm³/mol. The molecule has 0 fully saturated rings. The molecule has 0 saturated heterocycles. The summed E-state index contributed by atoms with van der Waals surface area (Å²) in [5, 5.41) is 3.01. The molecule has 0 bridgehead atoms. The van der Waals surface area contributed by atoms with Gasteiger partial charge in [-0.1, -0.05) is 41.5 Å². The van der Waals surface area contributed by atoms with Gasteiger partial charge in [-0.25, -0.2) is 0 Å². The number of amides is 1. The fourth-order valence-electron chi connectivity index (χ4n) is 2.08. The molecule has 0 aliphatic heterocycles. The Morgan fingerprint density at radius 2 is 1.68 bits per heavy atom. The molecule has 0 aliphatic rings. The first-order valence-corrected chi connectivity index (χ1v) is 9.32. The summed E-state index contributed by atoms with van der Waals surface area (Å²) < 4.78 is 11.0. The third-order valence-electron chi connectivity index (χ3n) is 3.18. The van der Waals surface area contributed by atoms with Gasteiger partial charge in [0.25, 0.3) is 8.68 Å². The second-order valence-corrected chi connectivity index (χ2v) is 9.68. The van der Waals surface area contributed by atoms with Crippen molar-refractivity contribution in [2.24, 2.45) is 16.7 Å². The van der Waals surface area contributed by atoms with Crippen molar-refractivity contribution in [3.63, 3.8) is 0 Å². The average Bonchev–Trinajstić information content (AvgIpc) is 2.17. The van der Waals surface area contributed by atoms with Gasteiger partial charge < -0.3 is 9.78 Å². The number of hydrogen-bond donors (Lipinski definition) is 1. The van der Waals surface area contributed by atoms with Gasteiger partial charge in [0.2, 0.25) is 5.91 Å². The van der Waals surface area contributed by atoms with Crippen LogP contribution in [0.4, 0.5) is 0 Å². The minimum atomic E-state index is -1.41. The van der Waals surface area contributed by atoms with E-state index in [9.17, 15) is 9.26 Å².